The molecule has 0 aromatic heterocycles. The smallest absolute Gasteiger partial charge is 0.280 e. The molecule has 138 valence electrons. The van der Waals surface area contributed by atoms with Gasteiger partial charge in [0.1, 0.15) is 5.75 Å². The summed E-state index contributed by atoms with van der Waals surface area (Å²) in [5, 5.41) is 10.0. The van der Waals surface area contributed by atoms with Gasteiger partial charge in [0.2, 0.25) is 0 Å². The molecule has 6 heteroatoms. The summed E-state index contributed by atoms with van der Waals surface area (Å²) < 4.78 is 5.73. The number of amides is 1. The predicted molar refractivity (Wildman–Crippen MR) is 97.1 cm³/mol. The van der Waals surface area contributed by atoms with Gasteiger partial charge in [0.25, 0.3) is 5.91 Å². The highest BCUT2D eigenvalue weighted by Gasteiger charge is 2.35. The van der Waals surface area contributed by atoms with Crippen molar-refractivity contribution in [3.8, 4) is 5.75 Å². The van der Waals surface area contributed by atoms with Crippen molar-refractivity contribution in [3.05, 3.63) is 24.3 Å². The number of carbonyl (C=O) groups excluding carboxylic acids is 1. The van der Waals surface area contributed by atoms with E-state index in [0.29, 0.717) is 18.8 Å². The number of morpholine rings is 1. The van der Waals surface area contributed by atoms with E-state index in [0.717, 1.165) is 31.9 Å². The molecule has 2 fully saturated rings. The van der Waals surface area contributed by atoms with Crippen molar-refractivity contribution in [2.45, 2.75) is 39.0 Å². The number of ether oxygens (including phenoxy) is 1. The third kappa shape index (κ3) is 4.07. The largest absolute Gasteiger partial charge is 0.506 e. The molecule has 1 aromatic carbocycles. The summed E-state index contributed by atoms with van der Waals surface area (Å²) in [7, 11) is 0. The minimum atomic E-state index is -0.0379. The summed E-state index contributed by atoms with van der Waals surface area (Å²) in [5.41, 5.74) is 0.886. The zero-order valence-electron chi connectivity index (χ0n) is 15.4. The molecule has 0 spiro atoms. The lowest BCUT2D eigenvalue weighted by Gasteiger charge is -2.40. The monoisotopic (exact) mass is 348 g/mol. The molecule has 0 radical (unpaired) electrons. The lowest BCUT2D eigenvalue weighted by Crippen LogP contribution is -3.19. The minimum absolute atomic E-state index is 0.0379. The van der Waals surface area contributed by atoms with E-state index < -0.39 is 0 Å². The average Bonchev–Trinajstić information content (AvgIpc) is 2.60. The first-order chi connectivity index (χ1) is 12.0. The summed E-state index contributed by atoms with van der Waals surface area (Å²) in [5.74, 6) is 0.555. The van der Waals surface area contributed by atoms with Crippen molar-refractivity contribution >= 4 is 11.6 Å². The van der Waals surface area contributed by atoms with Gasteiger partial charge in [-0.2, -0.15) is 0 Å². The molecule has 6 nitrogen and oxygen atoms in total. The van der Waals surface area contributed by atoms with Gasteiger partial charge in [0.15, 0.2) is 6.04 Å². The molecule has 2 saturated heterocycles. The molecule has 2 N–H and O–H groups in total. The summed E-state index contributed by atoms with van der Waals surface area (Å²) in [6.45, 7) is 11.0. The first-order valence-electron chi connectivity index (χ1n) is 9.27. The third-order valence-corrected chi connectivity index (χ3v) is 5.34. The van der Waals surface area contributed by atoms with Gasteiger partial charge >= 0.3 is 0 Å². The summed E-state index contributed by atoms with van der Waals surface area (Å²) >= 11 is 0. The van der Waals surface area contributed by atoms with Crippen molar-refractivity contribution in [1.29, 1.82) is 0 Å². The number of anilines is 1. The minimum Gasteiger partial charge on any atom is -0.506 e. The Morgan fingerprint density at radius 2 is 1.80 bits per heavy atom. The summed E-state index contributed by atoms with van der Waals surface area (Å²) in [6.07, 6.45) is 0.209. The van der Waals surface area contributed by atoms with E-state index >= 15 is 0 Å². The number of para-hydroxylation sites is 2. The number of nitrogens with zero attached hydrogens (tertiary/aromatic N) is 2. The van der Waals surface area contributed by atoms with E-state index in [9.17, 15) is 9.90 Å². The van der Waals surface area contributed by atoms with E-state index in [1.807, 2.05) is 43.9 Å². The Morgan fingerprint density at radius 1 is 1.20 bits per heavy atom. The number of quaternary nitrogens is 1. The number of benzene rings is 1. The predicted octanol–water partition coefficient (Wildman–Crippen LogP) is 0.121. The first-order valence-corrected chi connectivity index (χ1v) is 9.27. The van der Waals surface area contributed by atoms with Crippen molar-refractivity contribution in [2.24, 2.45) is 0 Å². The molecule has 3 atom stereocenters. The highest BCUT2D eigenvalue weighted by atomic mass is 16.5. The van der Waals surface area contributed by atoms with Crippen LogP contribution in [0.25, 0.3) is 0 Å². The van der Waals surface area contributed by atoms with Gasteiger partial charge in [-0.25, -0.2) is 0 Å². The second-order valence-electron chi connectivity index (χ2n) is 7.36. The van der Waals surface area contributed by atoms with Crippen LogP contribution in [0.15, 0.2) is 24.3 Å². The van der Waals surface area contributed by atoms with Gasteiger partial charge in [0, 0.05) is 13.1 Å². The molecule has 3 rings (SSSR count). The Labute approximate surface area is 150 Å². The zero-order valence-corrected chi connectivity index (χ0v) is 15.4. The summed E-state index contributed by atoms with van der Waals surface area (Å²) in [4.78, 5) is 18.4. The SMILES string of the molecule is C[C@@H]1CN(C(=O)[C@@H](C)[NH+]2CCN(c3ccccc3O)CC2)C[C@H](C)O1. The van der Waals surface area contributed by atoms with E-state index in [4.69, 9.17) is 4.74 Å². The number of phenols is 1. The third-order valence-electron chi connectivity index (χ3n) is 5.34. The van der Waals surface area contributed by atoms with Gasteiger partial charge in [-0.05, 0) is 32.9 Å². The maximum Gasteiger partial charge on any atom is 0.280 e. The van der Waals surface area contributed by atoms with Crippen LogP contribution in [0.4, 0.5) is 5.69 Å². The van der Waals surface area contributed by atoms with Crippen LogP contribution in [-0.4, -0.2) is 73.4 Å². The van der Waals surface area contributed by atoms with E-state index in [-0.39, 0.29) is 24.2 Å². The number of nitrogens with one attached hydrogen (secondary N) is 1. The number of carbonyl (C=O) groups is 1. The Hall–Kier alpha value is -1.79. The fourth-order valence-electron chi connectivity index (χ4n) is 4.01. The van der Waals surface area contributed by atoms with Crippen molar-refractivity contribution < 1.29 is 19.5 Å². The maximum absolute atomic E-state index is 12.9. The van der Waals surface area contributed by atoms with Crippen LogP contribution in [0.1, 0.15) is 20.8 Å². The number of piperazine rings is 1. The molecular formula is C19H30N3O3+. The molecule has 1 amide bonds. The second-order valence-corrected chi connectivity index (χ2v) is 7.36. The molecule has 2 aliphatic heterocycles. The normalized spacial score (nSPS) is 26.5. The van der Waals surface area contributed by atoms with Crippen LogP contribution in [0, 0.1) is 0 Å². The fourth-order valence-corrected chi connectivity index (χ4v) is 4.01. The van der Waals surface area contributed by atoms with Gasteiger partial charge in [-0.3, -0.25) is 4.79 Å². The Morgan fingerprint density at radius 3 is 2.40 bits per heavy atom. The molecule has 1 aromatic rings. The zero-order chi connectivity index (χ0) is 18.0. The molecule has 0 saturated carbocycles. The topological polar surface area (TPSA) is 57.5 Å². The van der Waals surface area contributed by atoms with Crippen LogP contribution in [-0.2, 0) is 9.53 Å². The van der Waals surface area contributed by atoms with Crippen LogP contribution in [0.3, 0.4) is 0 Å². The second kappa shape index (κ2) is 7.62. The Balaban J connectivity index is 1.57. The molecule has 0 bridgehead atoms. The number of hydrogen-bond acceptors (Lipinski definition) is 4. The molecule has 2 heterocycles. The van der Waals surface area contributed by atoms with Crippen LogP contribution in [0.5, 0.6) is 5.75 Å². The van der Waals surface area contributed by atoms with Crippen LogP contribution < -0.4 is 9.80 Å². The van der Waals surface area contributed by atoms with Crippen LogP contribution in [0.2, 0.25) is 0 Å². The quantitative estimate of drug-likeness (QED) is 0.815. The Bertz CT molecular complexity index is 591. The lowest BCUT2D eigenvalue weighted by atomic mass is 10.1. The van der Waals surface area contributed by atoms with Crippen molar-refractivity contribution in [3.63, 3.8) is 0 Å². The highest BCUT2D eigenvalue weighted by Crippen LogP contribution is 2.26. The van der Waals surface area contributed by atoms with E-state index in [1.165, 1.54) is 4.90 Å². The fraction of sp³-hybridized carbons (Fsp3) is 0.632. The number of aromatic hydroxyl groups is 1. The number of hydrogen-bond donors (Lipinski definition) is 2. The molecular weight excluding hydrogens is 318 g/mol. The molecule has 0 unspecified atom stereocenters. The maximum atomic E-state index is 12.9. The van der Waals surface area contributed by atoms with Gasteiger partial charge in [-0.15, -0.1) is 0 Å². The lowest BCUT2D eigenvalue weighted by molar-refractivity contribution is -0.915. The number of rotatable bonds is 3. The standard InChI is InChI=1S/C19H29N3O3/c1-14-12-22(13-15(2)25-14)19(24)16(3)20-8-10-21(11-9-20)17-6-4-5-7-18(17)23/h4-7,14-16,23H,8-13H2,1-3H3/p+1/t14-,15+,16-/m1/s1. The number of phenolic OH excluding ortho intramolecular Hbond substituents is 1. The highest BCUT2D eigenvalue weighted by molar-refractivity contribution is 5.80. The van der Waals surface area contributed by atoms with Crippen molar-refractivity contribution in [1.82, 2.24) is 4.90 Å². The van der Waals surface area contributed by atoms with E-state index in [2.05, 4.69) is 4.90 Å². The van der Waals surface area contributed by atoms with Gasteiger partial charge < -0.3 is 24.5 Å². The first kappa shape index (κ1) is 18.0. The van der Waals surface area contributed by atoms with Gasteiger partial charge in [0.05, 0.1) is 44.1 Å². The molecule has 2 aliphatic rings. The van der Waals surface area contributed by atoms with Crippen molar-refractivity contribution in [2.75, 3.05) is 44.2 Å². The molecule has 0 aliphatic carbocycles. The van der Waals surface area contributed by atoms with Crippen LogP contribution >= 0.6 is 0 Å². The van der Waals surface area contributed by atoms with Gasteiger partial charge in [-0.1, -0.05) is 12.1 Å². The summed E-state index contributed by atoms with van der Waals surface area (Å²) in [6, 6.07) is 7.42. The average molecular weight is 348 g/mol. The van der Waals surface area contributed by atoms with E-state index in [1.54, 1.807) is 6.07 Å². The molecule has 25 heavy (non-hydrogen) atoms. The Kier molecular flexibility index (Phi) is 5.49.